The monoisotopic (exact) mass is 321 g/mol. The van der Waals surface area contributed by atoms with Crippen LogP contribution in [-0.4, -0.2) is 27.9 Å². The second-order valence-corrected chi connectivity index (χ2v) is 4.65. The quantitative estimate of drug-likeness (QED) is 0.571. The molecule has 2 aromatic rings. The molecule has 0 aliphatic carbocycles. The predicted molar refractivity (Wildman–Crippen MR) is 79.3 cm³/mol. The van der Waals surface area contributed by atoms with E-state index in [-0.39, 0.29) is 18.1 Å². The lowest BCUT2D eigenvalue weighted by Crippen LogP contribution is -2.37. The molecule has 2 rings (SSSR count). The third-order valence-corrected chi connectivity index (χ3v) is 3.02. The molecule has 0 saturated heterocycles. The van der Waals surface area contributed by atoms with Crippen molar-refractivity contribution in [3.05, 3.63) is 50.6 Å². The summed E-state index contributed by atoms with van der Waals surface area (Å²) in [6.07, 6.45) is 1.86. The maximum absolute atomic E-state index is 12.1. The molecule has 9 heteroatoms. The minimum Gasteiger partial charge on any atom is -0.457 e. The summed E-state index contributed by atoms with van der Waals surface area (Å²) in [5, 5.41) is 0. The van der Waals surface area contributed by atoms with Gasteiger partial charge in [0, 0.05) is 6.54 Å². The van der Waals surface area contributed by atoms with Crippen molar-refractivity contribution >= 4 is 17.6 Å². The standard InChI is InChI=1S/C14H15N3O6/c1-2-5-17-11(15)10(12(19)16-14(17)21)8(18)7-23-13(20)9-4-3-6-22-9/h3-4,6H,2,5,7,15H2,1H3,(H,16,19,21). The van der Waals surface area contributed by atoms with E-state index >= 15 is 0 Å². The van der Waals surface area contributed by atoms with E-state index in [1.807, 2.05) is 11.9 Å². The molecular formula is C14H15N3O6. The van der Waals surface area contributed by atoms with Gasteiger partial charge in [-0.15, -0.1) is 0 Å². The van der Waals surface area contributed by atoms with Gasteiger partial charge in [0.25, 0.3) is 5.56 Å². The summed E-state index contributed by atoms with van der Waals surface area (Å²) in [6, 6.07) is 2.86. The molecule has 0 aromatic carbocycles. The van der Waals surface area contributed by atoms with E-state index in [1.54, 1.807) is 0 Å². The Labute approximate surface area is 129 Å². The fourth-order valence-corrected chi connectivity index (χ4v) is 1.97. The van der Waals surface area contributed by atoms with Gasteiger partial charge in [0.15, 0.2) is 6.61 Å². The second-order valence-electron chi connectivity index (χ2n) is 4.65. The van der Waals surface area contributed by atoms with E-state index < -0.39 is 35.2 Å². The molecule has 2 aromatic heterocycles. The highest BCUT2D eigenvalue weighted by atomic mass is 16.5. The number of anilines is 1. The maximum Gasteiger partial charge on any atom is 0.374 e. The molecule has 0 aliphatic heterocycles. The Morgan fingerprint density at radius 1 is 1.39 bits per heavy atom. The Morgan fingerprint density at radius 3 is 2.74 bits per heavy atom. The highest BCUT2D eigenvalue weighted by Gasteiger charge is 2.21. The molecule has 0 radical (unpaired) electrons. The zero-order valence-electron chi connectivity index (χ0n) is 12.3. The number of nitrogens with zero attached hydrogens (tertiary/aromatic N) is 1. The Kier molecular flexibility index (Phi) is 4.79. The number of carbonyl (C=O) groups is 2. The lowest BCUT2D eigenvalue weighted by Gasteiger charge is -2.11. The third kappa shape index (κ3) is 3.39. The number of hydrogen-bond acceptors (Lipinski definition) is 7. The summed E-state index contributed by atoms with van der Waals surface area (Å²) >= 11 is 0. The summed E-state index contributed by atoms with van der Waals surface area (Å²) < 4.78 is 10.7. The van der Waals surface area contributed by atoms with Crippen LogP contribution >= 0.6 is 0 Å². The van der Waals surface area contributed by atoms with Crippen LogP contribution in [0.15, 0.2) is 32.4 Å². The van der Waals surface area contributed by atoms with Crippen molar-refractivity contribution in [2.75, 3.05) is 12.3 Å². The van der Waals surface area contributed by atoms with Crippen LogP contribution in [0.3, 0.4) is 0 Å². The number of rotatable bonds is 6. The molecule has 3 N–H and O–H groups in total. The number of aromatic nitrogens is 2. The third-order valence-electron chi connectivity index (χ3n) is 3.02. The minimum atomic E-state index is -0.918. The smallest absolute Gasteiger partial charge is 0.374 e. The molecule has 0 bridgehead atoms. The number of Topliss-reactive ketones (excluding diaryl/α,β-unsaturated/α-hetero) is 1. The number of furan rings is 1. The number of H-pyrrole nitrogens is 1. The van der Waals surface area contributed by atoms with Crippen LogP contribution in [0.4, 0.5) is 5.82 Å². The van der Waals surface area contributed by atoms with E-state index in [9.17, 15) is 19.2 Å². The summed E-state index contributed by atoms with van der Waals surface area (Å²) in [4.78, 5) is 49.2. The largest absolute Gasteiger partial charge is 0.457 e. The molecule has 9 nitrogen and oxygen atoms in total. The van der Waals surface area contributed by atoms with Gasteiger partial charge < -0.3 is 14.9 Å². The topological polar surface area (TPSA) is 137 Å². The number of ether oxygens (including phenoxy) is 1. The van der Waals surface area contributed by atoms with E-state index in [0.29, 0.717) is 6.42 Å². The average Bonchev–Trinajstić information content (AvgIpc) is 3.03. The number of hydrogen-bond donors (Lipinski definition) is 2. The average molecular weight is 321 g/mol. The molecule has 0 amide bonds. The Morgan fingerprint density at radius 2 is 2.13 bits per heavy atom. The normalized spacial score (nSPS) is 10.5. The fourth-order valence-electron chi connectivity index (χ4n) is 1.97. The number of carbonyl (C=O) groups excluding carboxylic acids is 2. The van der Waals surface area contributed by atoms with Crippen LogP contribution < -0.4 is 17.0 Å². The van der Waals surface area contributed by atoms with E-state index in [1.165, 1.54) is 18.4 Å². The zero-order valence-corrected chi connectivity index (χ0v) is 12.3. The molecule has 0 fully saturated rings. The van der Waals surface area contributed by atoms with Gasteiger partial charge in [-0.3, -0.25) is 19.1 Å². The Hall–Kier alpha value is -3.10. The first kappa shape index (κ1) is 16.3. The number of ketones is 1. The first-order valence-electron chi connectivity index (χ1n) is 6.82. The first-order chi connectivity index (χ1) is 11.0. The molecule has 122 valence electrons. The Bertz CT molecular complexity index is 831. The van der Waals surface area contributed by atoms with Gasteiger partial charge in [-0.1, -0.05) is 6.92 Å². The maximum atomic E-state index is 12.1. The van der Waals surface area contributed by atoms with Crippen LogP contribution in [0.2, 0.25) is 0 Å². The van der Waals surface area contributed by atoms with Gasteiger partial charge in [0.05, 0.1) is 6.26 Å². The molecule has 2 heterocycles. The van der Waals surface area contributed by atoms with Gasteiger partial charge in [0.2, 0.25) is 11.5 Å². The summed E-state index contributed by atoms with van der Waals surface area (Å²) in [5.74, 6) is -1.98. The molecule has 0 unspecified atom stereocenters. The molecular weight excluding hydrogens is 306 g/mol. The minimum absolute atomic E-state index is 0.0735. The van der Waals surface area contributed by atoms with Crippen LogP contribution in [0.25, 0.3) is 0 Å². The van der Waals surface area contributed by atoms with Crippen molar-refractivity contribution < 1.29 is 18.7 Å². The van der Waals surface area contributed by atoms with Crippen LogP contribution in [0, 0.1) is 0 Å². The molecule has 0 saturated carbocycles. The molecule has 0 aliphatic rings. The number of nitrogens with two attached hydrogens (primary N) is 1. The van der Waals surface area contributed by atoms with Gasteiger partial charge in [-0.2, -0.15) is 0 Å². The number of aromatic amines is 1. The van der Waals surface area contributed by atoms with Crippen LogP contribution in [0.5, 0.6) is 0 Å². The van der Waals surface area contributed by atoms with Crippen molar-refractivity contribution in [2.24, 2.45) is 0 Å². The second kappa shape index (κ2) is 6.77. The van der Waals surface area contributed by atoms with Crippen molar-refractivity contribution in [2.45, 2.75) is 19.9 Å². The number of esters is 1. The van der Waals surface area contributed by atoms with E-state index in [2.05, 4.69) is 0 Å². The van der Waals surface area contributed by atoms with Crippen molar-refractivity contribution in [3.63, 3.8) is 0 Å². The van der Waals surface area contributed by atoms with Crippen molar-refractivity contribution in [1.29, 1.82) is 0 Å². The van der Waals surface area contributed by atoms with Crippen molar-refractivity contribution in [3.8, 4) is 0 Å². The highest BCUT2D eigenvalue weighted by Crippen LogP contribution is 2.07. The van der Waals surface area contributed by atoms with Crippen LogP contribution in [0.1, 0.15) is 34.3 Å². The zero-order chi connectivity index (χ0) is 17.0. The summed E-state index contributed by atoms with van der Waals surface area (Å²) in [6.45, 7) is 1.36. The Balaban J connectivity index is 2.22. The molecule has 0 spiro atoms. The number of nitrogens with one attached hydrogen (secondary N) is 1. The van der Waals surface area contributed by atoms with Gasteiger partial charge in [0.1, 0.15) is 11.4 Å². The first-order valence-corrected chi connectivity index (χ1v) is 6.82. The predicted octanol–water partition coefficient (Wildman–Crippen LogP) is 0.162. The summed E-state index contributed by atoms with van der Waals surface area (Å²) in [7, 11) is 0. The molecule has 0 atom stereocenters. The van der Waals surface area contributed by atoms with E-state index in [4.69, 9.17) is 14.9 Å². The fraction of sp³-hybridized carbons (Fsp3) is 0.286. The lowest BCUT2D eigenvalue weighted by atomic mass is 10.2. The van der Waals surface area contributed by atoms with Crippen molar-refractivity contribution in [1.82, 2.24) is 9.55 Å². The van der Waals surface area contributed by atoms with E-state index in [0.717, 1.165) is 4.57 Å². The molecule has 23 heavy (non-hydrogen) atoms. The van der Waals surface area contributed by atoms with Crippen LogP contribution in [-0.2, 0) is 11.3 Å². The van der Waals surface area contributed by atoms with Gasteiger partial charge in [-0.25, -0.2) is 9.59 Å². The summed E-state index contributed by atoms with van der Waals surface area (Å²) in [5.41, 5.74) is 3.71. The van der Waals surface area contributed by atoms with Gasteiger partial charge >= 0.3 is 11.7 Å². The highest BCUT2D eigenvalue weighted by molar-refractivity contribution is 6.01. The lowest BCUT2D eigenvalue weighted by molar-refractivity contribution is 0.0443. The van der Waals surface area contributed by atoms with Gasteiger partial charge in [-0.05, 0) is 18.6 Å². The number of nitrogen functional groups attached to an aromatic ring is 1. The SMILES string of the molecule is CCCn1c(N)c(C(=O)COC(=O)c2ccco2)c(=O)[nH]c1=O.